The van der Waals surface area contributed by atoms with Crippen LogP contribution in [0, 0.1) is 0 Å². The van der Waals surface area contributed by atoms with Gasteiger partial charge in [0.1, 0.15) is 10.6 Å². The fourth-order valence-corrected chi connectivity index (χ4v) is 1.56. The number of rotatable bonds is 6. The summed E-state index contributed by atoms with van der Waals surface area (Å²) in [6.45, 7) is 1.19. The van der Waals surface area contributed by atoms with E-state index in [-0.39, 0.29) is 0 Å². The number of hydrogen-bond acceptors (Lipinski definition) is 4. The number of ether oxygens (including phenoxy) is 2. The van der Waals surface area contributed by atoms with Gasteiger partial charge in [-0.15, -0.1) is 11.3 Å². The van der Waals surface area contributed by atoms with Crippen molar-refractivity contribution in [3.05, 3.63) is 16.3 Å². The Hall–Kier alpha value is -1.07. The molecule has 0 aliphatic heterocycles. The molecule has 0 aliphatic rings. The van der Waals surface area contributed by atoms with Crippen molar-refractivity contribution in [1.29, 1.82) is 0 Å². The monoisotopic (exact) mass is 216 g/mol. The van der Waals surface area contributed by atoms with Crippen LogP contribution in [0.1, 0.15) is 16.1 Å². The Morgan fingerprint density at radius 2 is 2.36 bits per heavy atom. The Kier molecular flexibility index (Phi) is 4.42. The highest BCUT2D eigenvalue weighted by molar-refractivity contribution is 7.12. The Balaban J connectivity index is 2.33. The van der Waals surface area contributed by atoms with Gasteiger partial charge < -0.3 is 14.6 Å². The van der Waals surface area contributed by atoms with Gasteiger partial charge in [0.15, 0.2) is 0 Å². The molecule has 0 aliphatic carbocycles. The molecule has 0 spiro atoms. The normalized spacial score (nSPS) is 10.1. The molecule has 0 radical (unpaired) electrons. The van der Waals surface area contributed by atoms with E-state index in [2.05, 4.69) is 0 Å². The number of hydrogen-bond donors (Lipinski definition) is 1. The lowest BCUT2D eigenvalue weighted by molar-refractivity contribution is 0.0701. The number of methoxy groups -OCH3 is 1. The summed E-state index contributed by atoms with van der Waals surface area (Å²) >= 11 is 1.17. The molecular formula is C9H12O4S. The first-order valence-electron chi connectivity index (χ1n) is 4.17. The van der Waals surface area contributed by atoms with E-state index in [1.54, 1.807) is 12.5 Å². The summed E-state index contributed by atoms with van der Waals surface area (Å²) in [6, 6.07) is 1.53. The lowest BCUT2D eigenvalue weighted by Crippen LogP contribution is -2.00. The molecular weight excluding hydrogens is 204 g/mol. The summed E-state index contributed by atoms with van der Waals surface area (Å²) in [4.78, 5) is 10.8. The second kappa shape index (κ2) is 5.62. The third kappa shape index (κ3) is 3.35. The zero-order valence-electron chi connectivity index (χ0n) is 7.86. The standard InChI is InChI=1S/C9H12O4S/c1-12-3-2-4-13-7-5-8(9(10)11)14-6-7/h5-6H,2-4H2,1H3,(H,10,11). The molecule has 0 unspecified atom stereocenters. The highest BCUT2D eigenvalue weighted by Gasteiger charge is 2.06. The van der Waals surface area contributed by atoms with Crippen LogP contribution < -0.4 is 4.74 Å². The van der Waals surface area contributed by atoms with Crippen LogP contribution in [0.2, 0.25) is 0 Å². The van der Waals surface area contributed by atoms with Gasteiger partial charge in [-0.05, 0) is 0 Å². The molecule has 78 valence electrons. The number of aromatic carboxylic acids is 1. The predicted molar refractivity (Wildman–Crippen MR) is 53.3 cm³/mol. The predicted octanol–water partition coefficient (Wildman–Crippen LogP) is 1.86. The Morgan fingerprint density at radius 3 is 2.93 bits per heavy atom. The first-order chi connectivity index (χ1) is 6.74. The number of carbonyl (C=O) groups is 1. The summed E-state index contributed by atoms with van der Waals surface area (Å²) in [5.74, 6) is -0.301. The molecule has 1 N–H and O–H groups in total. The summed E-state index contributed by atoms with van der Waals surface area (Å²) < 4.78 is 10.2. The van der Waals surface area contributed by atoms with Gasteiger partial charge in [0.05, 0.1) is 6.61 Å². The van der Waals surface area contributed by atoms with E-state index in [1.165, 1.54) is 17.4 Å². The maximum Gasteiger partial charge on any atom is 0.346 e. The smallest absolute Gasteiger partial charge is 0.346 e. The van der Waals surface area contributed by atoms with Crippen LogP contribution in [0.25, 0.3) is 0 Å². The Morgan fingerprint density at radius 1 is 1.57 bits per heavy atom. The highest BCUT2D eigenvalue weighted by Crippen LogP contribution is 2.21. The zero-order valence-corrected chi connectivity index (χ0v) is 8.67. The lowest BCUT2D eigenvalue weighted by atomic mass is 10.4. The van der Waals surface area contributed by atoms with Crippen LogP contribution in [0.15, 0.2) is 11.4 Å². The molecule has 1 rings (SSSR count). The number of carboxylic acids is 1. The quantitative estimate of drug-likeness (QED) is 0.737. The van der Waals surface area contributed by atoms with Crippen LogP contribution in [0.3, 0.4) is 0 Å². The molecule has 1 aromatic rings. The van der Waals surface area contributed by atoms with Crippen molar-refractivity contribution in [2.75, 3.05) is 20.3 Å². The minimum Gasteiger partial charge on any atom is -0.493 e. The molecule has 0 aromatic carbocycles. The van der Waals surface area contributed by atoms with Crippen LogP contribution in [0.4, 0.5) is 0 Å². The molecule has 5 heteroatoms. The molecule has 0 saturated carbocycles. The third-order valence-corrected chi connectivity index (χ3v) is 2.44. The van der Waals surface area contributed by atoms with Crippen LogP contribution in [-0.4, -0.2) is 31.4 Å². The van der Waals surface area contributed by atoms with E-state index < -0.39 is 5.97 Å². The second-order valence-electron chi connectivity index (χ2n) is 2.65. The molecule has 1 heterocycles. The molecule has 14 heavy (non-hydrogen) atoms. The molecule has 1 aromatic heterocycles. The fourth-order valence-electron chi connectivity index (χ4n) is 0.900. The van der Waals surface area contributed by atoms with Crippen molar-refractivity contribution >= 4 is 17.3 Å². The van der Waals surface area contributed by atoms with Gasteiger partial charge >= 0.3 is 5.97 Å². The minimum atomic E-state index is -0.915. The summed E-state index contributed by atoms with van der Waals surface area (Å²) in [6.07, 6.45) is 0.800. The maximum absolute atomic E-state index is 10.5. The molecule has 0 fully saturated rings. The first-order valence-corrected chi connectivity index (χ1v) is 5.05. The van der Waals surface area contributed by atoms with Crippen molar-refractivity contribution in [1.82, 2.24) is 0 Å². The van der Waals surface area contributed by atoms with Gasteiger partial charge in [0, 0.05) is 31.6 Å². The van der Waals surface area contributed by atoms with Crippen molar-refractivity contribution in [2.24, 2.45) is 0 Å². The molecule has 0 bridgehead atoms. The lowest BCUT2D eigenvalue weighted by Gasteiger charge is -2.01. The van der Waals surface area contributed by atoms with Crippen molar-refractivity contribution in [3.63, 3.8) is 0 Å². The molecule has 0 atom stereocenters. The third-order valence-electron chi connectivity index (χ3n) is 1.55. The summed E-state index contributed by atoms with van der Waals surface area (Å²) in [5.41, 5.74) is 0. The second-order valence-corrected chi connectivity index (χ2v) is 3.56. The van der Waals surface area contributed by atoms with Crippen LogP contribution in [-0.2, 0) is 4.74 Å². The molecule has 0 saturated heterocycles. The highest BCUT2D eigenvalue weighted by atomic mass is 32.1. The number of thiophene rings is 1. The van der Waals surface area contributed by atoms with Crippen LogP contribution in [0.5, 0.6) is 5.75 Å². The largest absolute Gasteiger partial charge is 0.493 e. The van der Waals surface area contributed by atoms with Gasteiger partial charge in [-0.2, -0.15) is 0 Å². The van der Waals surface area contributed by atoms with E-state index in [4.69, 9.17) is 14.6 Å². The van der Waals surface area contributed by atoms with Gasteiger partial charge in [-0.25, -0.2) is 4.79 Å². The van der Waals surface area contributed by atoms with E-state index in [0.717, 1.165) is 6.42 Å². The average Bonchev–Trinajstić information content (AvgIpc) is 2.61. The zero-order chi connectivity index (χ0) is 10.4. The van der Waals surface area contributed by atoms with Gasteiger partial charge in [0.25, 0.3) is 0 Å². The maximum atomic E-state index is 10.5. The van der Waals surface area contributed by atoms with Gasteiger partial charge in [-0.1, -0.05) is 0 Å². The van der Waals surface area contributed by atoms with Crippen molar-refractivity contribution < 1.29 is 19.4 Å². The van der Waals surface area contributed by atoms with Crippen molar-refractivity contribution in [3.8, 4) is 5.75 Å². The molecule has 0 amide bonds. The topological polar surface area (TPSA) is 55.8 Å². The van der Waals surface area contributed by atoms with Gasteiger partial charge in [0.2, 0.25) is 0 Å². The van der Waals surface area contributed by atoms with E-state index in [0.29, 0.717) is 23.8 Å². The Labute approximate surface area is 86.1 Å². The van der Waals surface area contributed by atoms with E-state index in [1.807, 2.05) is 0 Å². The average molecular weight is 216 g/mol. The van der Waals surface area contributed by atoms with Gasteiger partial charge in [-0.3, -0.25) is 0 Å². The van der Waals surface area contributed by atoms with Crippen molar-refractivity contribution in [2.45, 2.75) is 6.42 Å². The summed E-state index contributed by atoms with van der Waals surface area (Å²) in [5, 5.41) is 10.3. The van der Waals surface area contributed by atoms with Crippen LogP contribution >= 0.6 is 11.3 Å². The molecule has 4 nitrogen and oxygen atoms in total. The fraction of sp³-hybridized carbons (Fsp3) is 0.444. The first kappa shape index (κ1) is 11.0. The van der Waals surface area contributed by atoms with E-state index >= 15 is 0 Å². The number of carboxylic acid groups (broad SMARTS) is 1. The summed E-state index contributed by atoms with van der Waals surface area (Å²) in [7, 11) is 1.63. The van der Waals surface area contributed by atoms with E-state index in [9.17, 15) is 4.79 Å². The SMILES string of the molecule is COCCCOc1csc(C(=O)O)c1. The Bertz CT molecular complexity index is 295. The minimum absolute atomic E-state index is 0.298.